The van der Waals surface area contributed by atoms with Crippen LogP contribution in [0.3, 0.4) is 0 Å². The average molecular weight is 281 g/mol. The molecule has 1 aliphatic heterocycles. The quantitative estimate of drug-likeness (QED) is 0.896. The van der Waals surface area contributed by atoms with Crippen molar-refractivity contribution in [1.29, 1.82) is 0 Å². The summed E-state index contributed by atoms with van der Waals surface area (Å²) in [6.07, 6.45) is 1.62. The summed E-state index contributed by atoms with van der Waals surface area (Å²) in [5.41, 5.74) is 1.52. The van der Waals surface area contributed by atoms with Crippen LogP contribution in [-0.2, 0) is 10.2 Å². The van der Waals surface area contributed by atoms with Gasteiger partial charge in [-0.2, -0.15) is 12.7 Å². The van der Waals surface area contributed by atoms with E-state index < -0.39 is 10.2 Å². The average Bonchev–Trinajstić information content (AvgIpc) is 2.81. The van der Waals surface area contributed by atoms with Crippen molar-refractivity contribution in [3.63, 3.8) is 0 Å². The minimum absolute atomic E-state index is 0.0283. The number of benzene rings is 1. The monoisotopic (exact) mass is 281 g/mol. The largest absolute Gasteiger partial charge is 0.440 e. The molecule has 102 valence electrons. The van der Waals surface area contributed by atoms with Crippen LogP contribution in [0.4, 0.5) is 0 Å². The predicted molar refractivity (Wildman–Crippen MR) is 70.7 cm³/mol. The van der Waals surface area contributed by atoms with Gasteiger partial charge in [0.2, 0.25) is 0 Å². The molecule has 1 aliphatic rings. The van der Waals surface area contributed by atoms with Crippen LogP contribution in [0.1, 0.15) is 24.7 Å². The van der Waals surface area contributed by atoms with E-state index in [-0.39, 0.29) is 5.92 Å². The first kappa shape index (κ1) is 12.6. The van der Waals surface area contributed by atoms with Gasteiger partial charge in [-0.15, -0.1) is 0 Å². The Kier molecular flexibility index (Phi) is 3.04. The maximum atomic E-state index is 11.4. The Morgan fingerprint density at radius 1 is 1.37 bits per heavy atom. The molecule has 0 bridgehead atoms. The van der Waals surface area contributed by atoms with Crippen molar-refractivity contribution < 1.29 is 12.8 Å². The zero-order chi connectivity index (χ0) is 13.5. The molecule has 3 rings (SSSR count). The molecule has 1 unspecified atom stereocenters. The molecule has 19 heavy (non-hydrogen) atoms. The fourth-order valence-electron chi connectivity index (χ4n) is 2.44. The number of oxazole rings is 1. The number of hydrogen-bond donors (Lipinski definition) is 1. The van der Waals surface area contributed by atoms with Gasteiger partial charge in [0.1, 0.15) is 5.52 Å². The van der Waals surface area contributed by atoms with Gasteiger partial charge in [0.25, 0.3) is 10.2 Å². The first-order chi connectivity index (χ1) is 9.04. The van der Waals surface area contributed by atoms with Crippen molar-refractivity contribution in [3.05, 3.63) is 30.2 Å². The number of rotatable bonds is 2. The lowest BCUT2D eigenvalue weighted by Gasteiger charge is -2.28. The Morgan fingerprint density at radius 2 is 2.16 bits per heavy atom. The van der Waals surface area contributed by atoms with E-state index >= 15 is 0 Å². The lowest BCUT2D eigenvalue weighted by molar-refractivity contribution is 0.288. The predicted octanol–water partition coefficient (Wildman–Crippen LogP) is 1.21. The summed E-state index contributed by atoms with van der Waals surface area (Å²) in [5, 5.41) is 5.17. The molecule has 2 aromatic rings. The van der Waals surface area contributed by atoms with Crippen LogP contribution in [-0.4, -0.2) is 30.8 Å². The van der Waals surface area contributed by atoms with Crippen LogP contribution in [0, 0.1) is 0 Å². The summed E-state index contributed by atoms with van der Waals surface area (Å²) in [4.78, 5) is 4.42. The van der Waals surface area contributed by atoms with Gasteiger partial charge in [-0.3, -0.25) is 0 Å². The number of hydrogen-bond acceptors (Lipinski definition) is 4. The Labute approximate surface area is 111 Å². The van der Waals surface area contributed by atoms with Crippen LogP contribution in [0.15, 0.2) is 28.7 Å². The fraction of sp³-hybridized carbons (Fsp3) is 0.417. The SMILES string of the molecule is NS(=O)(=O)N1CCCC(c2nc3ccccc3o2)C1. The highest BCUT2D eigenvalue weighted by Gasteiger charge is 2.30. The summed E-state index contributed by atoms with van der Waals surface area (Å²) < 4.78 is 29.8. The lowest BCUT2D eigenvalue weighted by atomic mass is 10.00. The van der Waals surface area contributed by atoms with Crippen molar-refractivity contribution in [2.75, 3.05) is 13.1 Å². The van der Waals surface area contributed by atoms with Crippen molar-refractivity contribution in [3.8, 4) is 0 Å². The van der Waals surface area contributed by atoms with E-state index in [1.807, 2.05) is 24.3 Å². The van der Waals surface area contributed by atoms with E-state index in [1.54, 1.807) is 0 Å². The second-order valence-corrected chi connectivity index (χ2v) is 6.31. The minimum atomic E-state index is -3.63. The number of nitrogens with zero attached hydrogens (tertiary/aromatic N) is 2. The third-order valence-corrected chi connectivity index (χ3v) is 4.46. The lowest BCUT2D eigenvalue weighted by Crippen LogP contribution is -2.42. The molecule has 0 spiro atoms. The molecule has 7 heteroatoms. The number of nitrogens with two attached hydrogens (primary N) is 1. The summed E-state index contributed by atoms with van der Waals surface area (Å²) in [7, 11) is -3.63. The van der Waals surface area contributed by atoms with E-state index in [2.05, 4.69) is 4.98 Å². The summed E-state index contributed by atoms with van der Waals surface area (Å²) in [5.74, 6) is 0.564. The van der Waals surface area contributed by atoms with Gasteiger partial charge in [-0.05, 0) is 25.0 Å². The first-order valence-corrected chi connectivity index (χ1v) is 7.68. The molecule has 0 radical (unpaired) electrons. The minimum Gasteiger partial charge on any atom is -0.440 e. The van der Waals surface area contributed by atoms with Gasteiger partial charge < -0.3 is 4.42 Å². The zero-order valence-electron chi connectivity index (χ0n) is 10.3. The Bertz CT molecular complexity index is 662. The Morgan fingerprint density at radius 3 is 2.89 bits per heavy atom. The molecule has 2 heterocycles. The highest BCUT2D eigenvalue weighted by atomic mass is 32.2. The highest BCUT2D eigenvalue weighted by molar-refractivity contribution is 7.86. The molecule has 2 N–H and O–H groups in total. The molecule has 1 aromatic heterocycles. The number of piperidine rings is 1. The molecule has 0 saturated carbocycles. The molecular formula is C12H15N3O3S. The molecule has 0 aliphatic carbocycles. The zero-order valence-corrected chi connectivity index (χ0v) is 11.1. The fourth-order valence-corrected chi connectivity index (χ4v) is 3.21. The van der Waals surface area contributed by atoms with Crippen LogP contribution >= 0.6 is 0 Å². The third kappa shape index (κ3) is 2.49. The maximum Gasteiger partial charge on any atom is 0.276 e. The van der Waals surface area contributed by atoms with E-state index in [0.29, 0.717) is 19.0 Å². The van der Waals surface area contributed by atoms with Crippen LogP contribution in [0.25, 0.3) is 11.1 Å². The normalized spacial score (nSPS) is 21.8. The second kappa shape index (κ2) is 4.59. The maximum absolute atomic E-state index is 11.4. The summed E-state index contributed by atoms with van der Waals surface area (Å²) in [6, 6.07) is 7.51. The number of aromatic nitrogens is 1. The van der Waals surface area contributed by atoms with Crippen molar-refractivity contribution in [1.82, 2.24) is 9.29 Å². The van der Waals surface area contributed by atoms with E-state index in [9.17, 15) is 8.42 Å². The van der Waals surface area contributed by atoms with Crippen molar-refractivity contribution in [2.24, 2.45) is 5.14 Å². The van der Waals surface area contributed by atoms with Gasteiger partial charge in [-0.25, -0.2) is 10.1 Å². The highest BCUT2D eigenvalue weighted by Crippen LogP contribution is 2.29. The summed E-state index contributed by atoms with van der Waals surface area (Å²) >= 11 is 0. The van der Waals surface area contributed by atoms with E-state index in [4.69, 9.17) is 9.56 Å². The van der Waals surface area contributed by atoms with Crippen LogP contribution in [0.2, 0.25) is 0 Å². The van der Waals surface area contributed by atoms with E-state index in [0.717, 1.165) is 23.9 Å². The molecule has 0 amide bonds. The van der Waals surface area contributed by atoms with Gasteiger partial charge >= 0.3 is 0 Å². The topological polar surface area (TPSA) is 89.4 Å². The molecule has 1 atom stereocenters. The molecule has 6 nitrogen and oxygen atoms in total. The first-order valence-electron chi connectivity index (χ1n) is 6.17. The van der Waals surface area contributed by atoms with Crippen LogP contribution in [0.5, 0.6) is 0 Å². The molecule has 1 fully saturated rings. The Balaban J connectivity index is 1.89. The van der Waals surface area contributed by atoms with Gasteiger partial charge in [-0.1, -0.05) is 12.1 Å². The smallest absolute Gasteiger partial charge is 0.276 e. The van der Waals surface area contributed by atoms with Gasteiger partial charge in [0.15, 0.2) is 11.5 Å². The van der Waals surface area contributed by atoms with Crippen LogP contribution < -0.4 is 5.14 Å². The number of fused-ring (bicyclic) bond motifs is 1. The standard InChI is InChI=1S/C12H15N3O3S/c13-19(16,17)15-7-3-4-9(8-15)12-14-10-5-1-2-6-11(10)18-12/h1-2,5-6,9H,3-4,7-8H2,(H2,13,16,17). The van der Waals surface area contributed by atoms with Gasteiger partial charge in [0.05, 0.1) is 0 Å². The molecular weight excluding hydrogens is 266 g/mol. The Hall–Kier alpha value is -1.44. The van der Waals surface area contributed by atoms with Crippen molar-refractivity contribution >= 4 is 21.3 Å². The third-order valence-electron chi connectivity index (χ3n) is 3.40. The second-order valence-electron chi connectivity index (χ2n) is 4.76. The van der Waals surface area contributed by atoms with Gasteiger partial charge in [0, 0.05) is 19.0 Å². The van der Waals surface area contributed by atoms with E-state index in [1.165, 1.54) is 4.31 Å². The summed E-state index contributed by atoms with van der Waals surface area (Å²) in [6.45, 7) is 0.807. The molecule has 1 aromatic carbocycles. The van der Waals surface area contributed by atoms with Crippen molar-refractivity contribution in [2.45, 2.75) is 18.8 Å². The number of para-hydroxylation sites is 2. The molecule has 1 saturated heterocycles.